The molecule has 1 N–H and O–H groups in total. The van der Waals surface area contributed by atoms with E-state index < -0.39 is 12.1 Å². The topological polar surface area (TPSA) is 46.5 Å². The highest BCUT2D eigenvalue weighted by Gasteiger charge is 2.32. The van der Waals surface area contributed by atoms with E-state index in [-0.39, 0.29) is 5.76 Å². The molecule has 24 heavy (non-hydrogen) atoms. The van der Waals surface area contributed by atoms with E-state index >= 15 is 0 Å². The predicted octanol–water partition coefficient (Wildman–Crippen LogP) is 5.60. The van der Waals surface area contributed by atoms with Crippen LogP contribution >= 0.6 is 0 Å². The van der Waals surface area contributed by atoms with Crippen LogP contribution in [-0.4, -0.2) is 17.2 Å². The van der Waals surface area contributed by atoms with Crippen LogP contribution in [-0.2, 0) is 9.53 Å². The minimum Gasteiger partial charge on any atom is -0.425 e. The number of rotatable bonds is 13. The van der Waals surface area contributed by atoms with E-state index in [2.05, 4.69) is 25.7 Å². The lowest BCUT2D eigenvalue weighted by Crippen LogP contribution is -2.07. The Kier molecular flexibility index (Phi) is 11.2. The first-order valence-corrected chi connectivity index (χ1v) is 9.61. The van der Waals surface area contributed by atoms with Gasteiger partial charge in [0.15, 0.2) is 0 Å². The second-order valence-electron chi connectivity index (χ2n) is 6.58. The lowest BCUT2D eigenvalue weighted by Gasteiger charge is -2.00. The molecule has 3 nitrogen and oxygen atoms in total. The van der Waals surface area contributed by atoms with Gasteiger partial charge in [-0.2, -0.15) is 0 Å². The Balaban J connectivity index is 1.94. The summed E-state index contributed by atoms with van der Waals surface area (Å²) in [7, 11) is 0. The van der Waals surface area contributed by atoms with Crippen LogP contribution < -0.4 is 0 Å². The molecular weight excluding hydrogens is 300 g/mol. The number of cyclic esters (lactones) is 1. The van der Waals surface area contributed by atoms with Gasteiger partial charge >= 0.3 is 5.97 Å². The highest BCUT2D eigenvalue weighted by molar-refractivity contribution is 5.93. The molecule has 1 saturated heterocycles. The van der Waals surface area contributed by atoms with Gasteiger partial charge in [0.2, 0.25) is 0 Å². The summed E-state index contributed by atoms with van der Waals surface area (Å²) in [6, 6.07) is 0. The summed E-state index contributed by atoms with van der Waals surface area (Å²) in [6.07, 6.45) is 20.1. The molecule has 1 aliphatic heterocycles. The molecule has 136 valence electrons. The molecule has 1 aliphatic rings. The summed E-state index contributed by atoms with van der Waals surface area (Å²) >= 11 is 0. The molecule has 1 rings (SSSR count). The van der Waals surface area contributed by atoms with Crippen molar-refractivity contribution in [3.63, 3.8) is 0 Å². The smallest absolute Gasteiger partial charge is 0.341 e. The number of unbranched alkanes of at least 4 members (excludes halogenated alkanes) is 10. The minimum atomic E-state index is -0.942. The second-order valence-corrected chi connectivity index (χ2v) is 6.58. The molecule has 0 aromatic rings. The Morgan fingerprint density at radius 2 is 1.50 bits per heavy atom. The fourth-order valence-corrected chi connectivity index (χ4v) is 2.83. The fraction of sp³-hybridized carbons (Fsp3) is 0.667. The van der Waals surface area contributed by atoms with E-state index in [4.69, 9.17) is 4.74 Å². The molecule has 0 spiro atoms. The van der Waals surface area contributed by atoms with Gasteiger partial charge in [-0.15, -0.1) is 0 Å². The predicted molar refractivity (Wildman–Crippen MR) is 99.5 cm³/mol. The number of hydrogen-bond acceptors (Lipinski definition) is 3. The third-order valence-corrected chi connectivity index (χ3v) is 4.39. The van der Waals surface area contributed by atoms with Crippen LogP contribution in [0.4, 0.5) is 0 Å². The Morgan fingerprint density at radius 1 is 0.958 bits per heavy atom. The SMILES string of the molecule is C=C1OC(=O)/C(=C\CCCCC/C=C/CCCCCCCC)[C@@H]1O. The van der Waals surface area contributed by atoms with Gasteiger partial charge in [-0.05, 0) is 38.5 Å². The molecule has 0 aliphatic carbocycles. The third kappa shape index (κ3) is 8.49. The number of aliphatic hydroxyl groups excluding tert-OH is 1. The summed E-state index contributed by atoms with van der Waals surface area (Å²) in [5, 5.41) is 9.71. The first-order valence-electron chi connectivity index (χ1n) is 9.61. The highest BCUT2D eigenvalue weighted by atomic mass is 16.6. The van der Waals surface area contributed by atoms with Crippen LogP contribution in [0.2, 0.25) is 0 Å². The average Bonchev–Trinajstić information content (AvgIpc) is 2.81. The summed E-state index contributed by atoms with van der Waals surface area (Å²) in [4.78, 5) is 11.4. The molecular formula is C21H34O3. The Hall–Kier alpha value is -1.35. The molecule has 3 heteroatoms. The Morgan fingerprint density at radius 3 is 2.08 bits per heavy atom. The summed E-state index contributed by atoms with van der Waals surface area (Å²) in [5.74, 6) is -0.313. The molecule has 1 heterocycles. The van der Waals surface area contributed by atoms with Crippen molar-refractivity contribution in [3.05, 3.63) is 36.1 Å². The van der Waals surface area contributed by atoms with Crippen molar-refractivity contribution >= 4 is 5.97 Å². The summed E-state index contributed by atoms with van der Waals surface area (Å²) in [5.41, 5.74) is 0.346. The summed E-state index contributed by atoms with van der Waals surface area (Å²) in [6.45, 7) is 5.76. The first-order chi connectivity index (χ1) is 11.7. The van der Waals surface area contributed by atoms with Crippen LogP contribution in [0.1, 0.15) is 84.0 Å². The largest absolute Gasteiger partial charge is 0.425 e. The van der Waals surface area contributed by atoms with Crippen molar-refractivity contribution < 1.29 is 14.6 Å². The number of esters is 1. The monoisotopic (exact) mass is 334 g/mol. The minimum absolute atomic E-state index is 0.141. The Labute approximate surface area is 147 Å². The number of hydrogen-bond donors (Lipinski definition) is 1. The molecule has 0 aromatic carbocycles. The number of ether oxygens (including phenoxy) is 1. The van der Waals surface area contributed by atoms with Gasteiger partial charge in [0, 0.05) is 0 Å². The standard InChI is InChI=1S/C21H34O3/c1-3-4-5-6-7-8-9-10-11-12-13-14-15-16-17-19-20(22)18(2)24-21(19)23/h10-11,17,20,22H,2-9,12-16H2,1H3/b11-10+,19-17-/t20-/m1/s1. The molecule has 1 fully saturated rings. The van der Waals surface area contributed by atoms with E-state index in [1.54, 1.807) is 6.08 Å². The normalized spacial score (nSPS) is 19.6. The van der Waals surface area contributed by atoms with Crippen molar-refractivity contribution in [2.75, 3.05) is 0 Å². The second kappa shape index (κ2) is 13.0. The fourth-order valence-electron chi connectivity index (χ4n) is 2.83. The maximum atomic E-state index is 11.4. The van der Waals surface area contributed by atoms with E-state index in [9.17, 15) is 9.90 Å². The van der Waals surface area contributed by atoms with Crippen molar-refractivity contribution in [2.45, 2.75) is 90.1 Å². The highest BCUT2D eigenvalue weighted by Crippen LogP contribution is 2.23. The quantitative estimate of drug-likeness (QED) is 0.206. The van der Waals surface area contributed by atoms with Gasteiger partial charge in [-0.1, -0.05) is 70.3 Å². The maximum absolute atomic E-state index is 11.4. The molecule has 0 amide bonds. The average molecular weight is 335 g/mol. The lowest BCUT2D eigenvalue weighted by atomic mass is 10.1. The summed E-state index contributed by atoms with van der Waals surface area (Å²) < 4.78 is 4.79. The zero-order chi connectivity index (χ0) is 17.6. The van der Waals surface area contributed by atoms with Gasteiger partial charge in [0.1, 0.15) is 11.9 Å². The van der Waals surface area contributed by atoms with Crippen LogP contribution in [0, 0.1) is 0 Å². The van der Waals surface area contributed by atoms with Crippen LogP contribution in [0.15, 0.2) is 36.1 Å². The van der Waals surface area contributed by atoms with E-state index in [1.165, 1.54) is 51.4 Å². The molecule has 0 radical (unpaired) electrons. The van der Waals surface area contributed by atoms with Crippen LogP contribution in [0.5, 0.6) is 0 Å². The van der Waals surface area contributed by atoms with Gasteiger partial charge in [-0.25, -0.2) is 4.79 Å². The van der Waals surface area contributed by atoms with Gasteiger partial charge in [0.25, 0.3) is 0 Å². The molecule has 0 bridgehead atoms. The number of carbonyl (C=O) groups is 1. The lowest BCUT2D eigenvalue weighted by molar-refractivity contribution is -0.132. The first kappa shape index (κ1) is 20.7. The number of carbonyl (C=O) groups excluding carboxylic acids is 1. The van der Waals surface area contributed by atoms with Gasteiger partial charge in [0.05, 0.1) is 5.57 Å². The molecule has 0 saturated carbocycles. The molecule has 0 aromatic heterocycles. The maximum Gasteiger partial charge on any atom is 0.341 e. The van der Waals surface area contributed by atoms with Crippen LogP contribution in [0.25, 0.3) is 0 Å². The van der Waals surface area contributed by atoms with Crippen molar-refractivity contribution in [3.8, 4) is 0 Å². The van der Waals surface area contributed by atoms with Crippen LogP contribution in [0.3, 0.4) is 0 Å². The van der Waals surface area contributed by atoms with Gasteiger partial charge in [-0.3, -0.25) is 0 Å². The van der Waals surface area contributed by atoms with E-state index in [1.807, 2.05) is 0 Å². The third-order valence-electron chi connectivity index (χ3n) is 4.39. The van der Waals surface area contributed by atoms with Crippen molar-refractivity contribution in [1.82, 2.24) is 0 Å². The van der Waals surface area contributed by atoms with E-state index in [0.717, 1.165) is 25.7 Å². The number of allylic oxidation sites excluding steroid dienone is 3. The number of aliphatic hydroxyl groups is 1. The zero-order valence-electron chi connectivity index (χ0n) is 15.3. The Bertz CT molecular complexity index is 434. The van der Waals surface area contributed by atoms with Crippen molar-refractivity contribution in [2.24, 2.45) is 0 Å². The molecule has 1 atom stereocenters. The van der Waals surface area contributed by atoms with Gasteiger partial charge < -0.3 is 9.84 Å². The molecule has 0 unspecified atom stereocenters. The van der Waals surface area contributed by atoms with Crippen molar-refractivity contribution in [1.29, 1.82) is 0 Å². The zero-order valence-corrected chi connectivity index (χ0v) is 15.3. The van der Waals surface area contributed by atoms with E-state index in [0.29, 0.717) is 5.57 Å².